The molecule has 1 aromatic heterocycles. The molecule has 0 saturated heterocycles. The highest BCUT2D eigenvalue weighted by atomic mass is 19.4. The number of aromatic nitrogens is 2. The number of aromatic amines is 1. The number of alkyl halides is 3. The van der Waals surface area contributed by atoms with Crippen molar-refractivity contribution in [2.45, 2.75) is 6.30 Å². The molecule has 0 bridgehead atoms. The first-order valence-electron chi connectivity index (χ1n) is 2.80. The van der Waals surface area contributed by atoms with Gasteiger partial charge in [0.1, 0.15) is 0 Å². The van der Waals surface area contributed by atoms with E-state index in [0.29, 0.717) is 12.3 Å². The van der Waals surface area contributed by atoms with Crippen molar-refractivity contribution in [1.82, 2.24) is 9.55 Å². The summed E-state index contributed by atoms with van der Waals surface area (Å²) in [6, 6.07) is 0.620. The lowest BCUT2D eigenvalue weighted by Crippen LogP contribution is -2.35. The summed E-state index contributed by atoms with van der Waals surface area (Å²) in [6.07, 6.45) is -4.41. The largest absolute Gasteiger partial charge is 0.492 e. The van der Waals surface area contributed by atoms with Crippen LogP contribution in [-0.4, -0.2) is 9.55 Å². The SMILES string of the molecule is O=c1ccn(C(F)(F)F)c(=O)[nH]1. The highest BCUT2D eigenvalue weighted by molar-refractivity contribution is 4.83. The van der Waals surface area contributed by atoms with Gasteiger partial charge in [0.05, 0.1) is 0 Å². The fourth-order valence-electron chi connectivity index (χ4n) is 0.617. The Hall–Kier alpha value is -1.53. The summed E-state index contributed by atoms with van der Waals surface area (Å²) in [5.41, 5.74) is -2.35. The summed E-state index contributed by atoms with van der Waals surface area (Å²) in [4.78, 5) is 22.3. The van der Waals surface area contributed by atoms with Crippen molar-refractivity contribution in [3.05, 3.63) is 33.1 Å². The fraction of sp³-hybridized carbons (Fsp3) is 0.200. The van der Waals surface area contributed by atoms with Crippen molar-refractivity contribution in [1.29, 1.82) is 0 Å². The molecule has 1 rings (SSSR count). The maximum Gasteiger partial charge on any atom is 0.492 e. The van der Waals surface area contributed by atoms with Gasteiger partial charge in [-0.25, -0.2) is 9.36 Å². The Kier molecular flexibility index (Phi) is 1.79. The molecule has 66 valence electrons. The molecule has 0 aromatic carbocycles. The third kappa shape index (κ3) is 1.55. The Balaban J connectivity index is 3.39. The molecule has 0 radical (unpaired) electrons. The van der Waals surface area contributed by atoms with E-state index in [1.165, 1.54) is 4.98 Å². The average Bonchev–Trinajstić information content (AvgIpc) is 1.83. The van der Waals surface area contributed by atoms with Gasteiger partial charge in [-0.1, -0.05) is 0 Å². The Bertz CT molecular complexity index is 389. The van der Waals surface area contributed by atoms with Crippen LogP contribution >= 0.6 is 0 Å². The van der Waals surface area contributed by atoms with Crippen LogP contribution in [0, 0.1) is 0 Å². The van der Waals surface area contributed by atoms with Crippen molar-refractivity contribution >= 4 is 0 Å². The molecule has 0 aliphatic rings. The van der Waals surface area contributed by atoms with E-state index in [0.717, 1.165) is 0 Å². The number of halogens is 3. The van der Waals surface area contributed by atoms with Crippen molar-refractivity contribution < 1.29 is 13.2 Å². The zero-order valence-electron chi connectivity index (χ0n) is 5.55. The van der Waals surface area contributed by atoms with Crippen LogP contribution in [0.1, 0.15) is 0 Å². The second-order valence-electron chi connectivity index (χ2n) is 1.95. The van der Waals surface area contributed by atoms with Gasteiger partial charge in [0.15, 0.2) is 0 Å². The van der Waals surface area contributed by atoms with Gasteiger partial charge >= 0.3 is 12.0 Å². The fourth-order valence-corrected chi connectivity index (χ4v) is 0.617. The predicted octanol–water partition coefficient (Wildman–Crippen LogP) is 0.0129. The Labute approximate surface area is 63.3 Å². The number of nitrogens with one attached hydrogen (secondary N) is 1. The predicted molar refractivity (Wildman–Crippen MR) is 32.6 cm³/mol. The molecule has 0 unspecified atom stereocenters. The standard InChI is InChI=1S/C5H3F3N2O2/c6-5(7,8)10-2-1-3(11)9-4(10)12/h1-2H,(H,9,11,12). The number of H-pyrrole nitrogens is 1. The van der Waals surface area contributed by atoms with Crippen LogP contribution in [0.4, 0.5) is 13.2 Å². The first-order chi connectivity index (χ1) is 5.41. The number of hydrogen-bond acceptors (Lipinski definition) is 2. The molecule has 1 heterocycles. The molecule has 0 aliphatic heterocycles. The van der Waals surface area contributed by atoms with Crippen molar-refractivity contribution in [3.8, 4) is 0 Å². The minimum Gasteiger partial charge on any atom is -0.274 e. The minimum atomic E-state index is -4.79. The van der Waals surface area contributed by atoms with E-state index in [1.807, 2.05) is 0 Å². The monoisotopic (exact) mass is 180 g/mol. The second-order valence-corrected chi connectivity index (χ2v) is 1.95. The highest BCUT2D eigenvalue weighted by Crippen LogP contribution is 2.18. The van der Waals surface area contributed by atoms with Crippen LogP contribution < -0.4 is 11.2 Å². The molecule has 4 nitrogen and oxygen atoms in total. The first-order valence-corrected chi connectivity index (χ1v) is 2.80. The summed E-state index contributed by atoms with van der Waals surface area (Å²) < 4.78 is 34.9. The topological polar surface area (TPSA) is 54.9 Å². The molecule has 7 heteroatoms. The average molecular weight is 180 g/mol. The van der Waals surface area contributed by atoms with Gasteiger partial charge in [-0.05, 0) is 0 Å². The smallest absolute Gasteiger partial charge is 0.274 e. The number of hydrogen-bond donors (Lipinski definition) is 1. The van der Waals surface area contributed by atoms with Crippen molar-refractivity contribution in [2.75, 3.05) is 0 Å². The molecular weight excluding hydrogens is 177 g/mol. The van der Waals surface area contributed by atoms with Crippen LogP contribution in [0.25, 0.3) is 0 Å². The molecule has 12 heavy (non-hydrogen) atoms. The van der Waals surface area contributed by atoms with Gasteiger partial charge < -0.3 is 0 Å². The molecule has 0 fully saturated rings. The van der Waals surface area contributed by atoms with E-state index in [1.54, 1.807) is 0 Å². The van der Waals surface area contributed by atoms with Gasteiger partial charge in [0, 0.05) is 12.3 Å². The van der Waals surface area contributed by atoms with E-state index in [-0.39, 0.29) is 0 Å². The quantitative estimate of drug-likeness (QED) is 0.611. The molecule has 0 aliphatic carbocycles. The van der Waals surface area contributed by atoms with Crippen molar-refractivity contribution in [3.63, 3.8) is 0 Å². The van der Waals surface area contributed by atoms with Gasteiger partial charge in [-0.3, -0.25) is 9.78 Å². The van der Waals surface area contributed by atoms with E-state index >= 15 is 0 Å². The molecule has 1 aromatic rings. The Morgan fingerprint density at radius 3 is 2.33 bits per heavy atom. The third-order valence-electron chi connectivity index (χ3n) is 1.10. The van der Waals surface area contributed by atoms with E-state index < -0.39 is 22.1 Å². The molecule has 0 atom stereocenters. The van der Waals surface area contributed by atoms with E-state index in [4.69, 9.17) is 0 Å². The van der Waals surface area contributed by atoms with Crippen LogP contribution in [0.5, 0.6) is 0 Å². The summed E-state index contributed by atoms with van der Waals surface area (Å²) in [5.74, 6) is 0. The Morgan fingerprint density at radius 2 is 1.92 bits per heavy atom. The van der Waals surface area contributed by atoms with E-state index in [2.05, 4.69) is 0 Å². The van der Waals surface area contributed by atoms with Crippen molar-refractivity contribution in [2.24, 2.45) is 0 Å². The first kappa shape index (κ1) is 8.57. The third-order valence-corrected chi connectivity index (χ3v) is 1.10. The van der Waals surface area contributed by atoms with Gasteiger partial charge in [0.2, 0.25) is 0 Å². The maximum atomic E-state index is 11.8. The molecule has 0 spiro atoms. The zero-order valence-corrected chi connectivity index (χ0v) is 5.55. The molecular formula is C5H3F3N2O2. The van der Waals surface area contributed by atoms with Crippen LogP contribution in [-0.2, 0) is 6.30 Å². The molecule has 0 saturated carbocycles. The van der Waals surface area contributed by atoms with E-state index in [9.17, 15) is 22.8 Å². The highest BCUT2D eigenvalue weighted by Gasteiger charge is 2.31. The van der Waals surface area contributed by atoms with Crippen LogP contribution in [0.2, 0.25) is 0 Å². The number of nitrogens with zero attached hydrogens (tertiary/aromatic N) is 1. The zero-order chi connectivity index (χ0) is 9.35. The molecule has 1 N–H and O–H groups in total. The second kappa shape index (κ2) is 2.50. The summed E-state index contributed by atoms with van der Waals surface area (Å²) in [6.45, 7) is 0. The summed E-state index contributed by atoms with van der Waals surface area (Å²) >= 11 is 0. The van der Waals surface area contributed by atoms with Crippen LogP contribution in [0.3, 0.4) is 0 Å². The lowest BCUT2D eigenvalue weighted by molar-refractivity contribution is -0.207. The lowest BCUT2D eigenvalue weighted by Gasteiger charge is -2.06. The van der Waals surface area contributed by atoms with Crippen LogP contribution in [0.15, 0.2) is 21.9 Å². The minimum absolute atomic E-state index is 0.376. The Morgan fingerprint density at radius 1 is 1.33 bits per heavy atom. The molecule has 0 amide bonds. The summed E-state index contributed by atoms with van der Waals surface area (Å²) in [7, 11) is 0. The summed E-state index contributed by atoms with van der Waals surface area (Å²) in [5, 5.41) is 0. The van der Waals surface area contributed by atoms with Gasteiger partial charge in [-0.2, -0.15) is 0 Å². The van der Waals surface area contributed by atoms with Gasteiger partial charge in [0.25, 0.3) is 5.56 Å². The lowest BCUT2D eigenvalue weighted by atomic mass is 10.6. The number of rotatable bonds is 0. The normalized spacial score (nSPS) is 11.6. The maximum absolute atomic E-state index is 11.8. The van der Waals surface area contributed by atoms with Gasteiger partial charge in [-0.15, -0.1) is 13.2 Å².